The van der Waals surface area contributed by atoms with Crippen LogP contribution in [0.4, 0.5) is 5.69 Å². The minimum atomic E-state index is -0.132. The van der Waals surface area contributed by atoms with Crippen LogP contribution in [-0.2, 0) is 12.8 Å². The molecule has 4 nitrogen and oxygen atoms in total. The van der Waals surface area contributed by atoms with Gasteiger partial charge in [0.1, 0.15) is 11.5 Å². The summed E-state index contributed by atoms with van der Waals surface area (Å²) in [5, 5.41) is 3.33. The molecule has 0 fully saturated rings. The standard InChI is InChI=1S/C18H20ClNO3S/c1-22-14-10-15(23-2)13(9-12(14)19)20-18(21)17-8-11-6-4-3-5-7-16(11)24-17/h8-10H,3-7H2,1-2H3,(H,20,21). The molecule has 128 valence electrons. The summed E-state index contributed by atoms with van der Waals surface area (Å²) >= 11 is 7.75. The number of nitrogens with one attached hydrogen (secondary N) is 1. The Labute approximate surface area is 150 Å². The fraction of sp³-hybridized carbons (Fsp3) is 0.389. The quantitative estimate of drug-likeness (QED) is 0.780. The number of anilines is 1. The van der Waals surface area contributed by atoms with Gasteiger partial charge in [-0.1, -0.05) is 18.0 Å². The SMILES string of the molecule is COc1cc(OC)c(NC(=O)c2cc3c(s2)CCCCC3)cc1Cl. The zero-order valence-corrected chi connectivity index (χ0v) is 15.4. The highest BCUT2D eigenvalue weighted by Gasteiger charge is 2.18. The van der Waals surface area contributed by atoms with Crippen molar-refractivity contribution in [2.45, 2.75) is 32.1 Å². The first-order valence-corrected chi connectivity index (χ1v) is 9.16. The van der Waals surface area contributed by atoms with E-state index >= 15 is 0 Å². The summed E-state index contributed by atoms with van der Waals surface area (Å²) in [6.45, 7) is 0. The second-order valence-corrected chi connectivity index (χ2v) is 7.30. The normalized spacial score (nSPS) is 13.8. The Bertz CT molecular complexity index is 733. The minimum absolute atomic E-state index is 0.132. The molecule has 1 aliphatic carbocycles. The Kier molecular flexibility index (Phi) is 5.31. The predicted octanol–water partition coefficient (Wildman–Crippen LogP) is 4.94. The van der Waals surface area contributed by atoms with Crippen LogP contribution in [0.3, 0.4) is 0 Å². The number of carbonyl (C=O) groups is 1. The smallest absolute Gasteiger partial charge is 0.265 e. The van der Waals surface area contributed by atoms with Crippen molar-refractivity contribution in [3.8, 4) is 11.5 Å². The molecule has 0 radical (unpaired) electrons. The van der Waals surface area contributed by atoms with Gasteiger partial charge in [0, 0.05) is 10.9 Å². The highest BCUT2D eigenvalue weighted by molar-refractivity contribution is 7.14. The lowest BCUT2D eigenvalue weighted by Crippen LogP contribution is -2.11. The van der Waals surface area contributed by atoms with Crippen molar-refractivity contribution in [3.63, 3.8) is 0 Å². The van der Waals surface area contributed by atoms with E-state index in [0.717, 1.165) is 17.7 Å². The maximum absolute atomic E-state index is 12.6. The van der Waals surface area contributed by atoms with Crippen LogP contribution in [0.25, 0.3) is 0 Å². The minimum Gasteiger partial charge on any atom is -0.495 e. The third kappa shape index (κ3) is 3.52. The van der Waals surface area contributed by atoms with Gasteiger partial charge >= 0.3 is 0 Å². The zero-order valence-electron chi connectivity index (χ0n) is 13.8. The van der Waals surface area contributed by atoms with Gasteiger partial charge in [-0.05, 0) is 43.4 Å². The summed E-state index contributed by atoms with van der Waals surface area (Å²) in [6, 6.07) is 5.34. The van der Waals surface area contributed by atoms with Gasteiger partial charge in [-0.15, -0.1) is 11.3 Å². The number of amides is 1. The number of benzene rings is 1. The van der Waals surface area contributed by atoms with E-state index in [9.17, 15) is 4.79 Å². The van der Waals surface area contributed by atoms with Crippen LogP contribution in [0.2, 0.25) is 5.02 Å². The van der Waals surface area contributed by atoms with E-state index in [-0.39, 0.29) is 5.91 Å². The molecule has 3 rings (SSSR count). The molecular weight excluding hydrogens is 346 g/mol. The van der Waals surface area contributed by atoms with Crippen LogP contribution in [0.1, 0.15) is 39.4 Å². The predicted molar refractivity (Wildman–Crippen MR) is 98.1 cm³/mol. The highest BCUT2D eigenvalue weighted by Crippen LogP contribution is 2.36. The fourth-order valence-corrected chi connectivity index (χ4v) is 4.31. The largest absolute Gasteiger partial charge is 0.495 e. The van der Waals surface area contributed by atoms with Gasteiger partial charge in [0.2, 0.25) is 0 Å². The number of halogens is 1. The molecule has 1 aromatic carbocycles. The number of hydrogen-bond donors (Lipinski definition) is 1. The van der Waals surface area contributed by atoms with Crippen LogP contribution in [-0.4, -0.2) is 20.1 Å². The molecule has 1 aliphatic rings. The fourth-order valence-electron chi connectivity index (χ4n) is 2.92. The number of ether oxygens (including phenoxy) is 2. The van der Waals surface area contributed by atoms with Crippen molar-refractivity contribution in [3.05, 3.63) is 38.5 Å². The summed E-state index contributed by atoms with van der Waals surface area (Å²) < 4.78 is 10.5. The third-order valence-electron chi connectivity index (χ3n) is 4.19. The summed E-state index contributed by atoms with van der Waals surface area (Å²) in [6.07, 6.45) is 5.81. The van der Waals surface area contributed by atoms with Crippen LogP contribution in [0, 0.1) is 0 Å². The number of carbonyl (C=O) groups excluding carboxylic acids is 1. The first kappa shape index (κ1) is 17.1. The van der Waals surface area contributed by atoms with Crippen molar-refractivity contribution in [1.82, 2.24) is 0 Å². The van der Waals surface area contributed by atoms with Crippen LogP contribution in [0.15, 0.2) is 18.2 Å². The molecule has 0 spiro atoms. The maximum Gasteiger partial charge on any atom is 0.265 e. The average Bonchev–Trinajstić information content (AvgIpc) is 2.86. The molecule has 0 atom stereocenters. The van der Waals surface area contributed by atoms with E-state index in [4.69, 9.17) is 21.1 Å². The van der Waals surface area contributed by atoms with Crippen molar-refractivity contribution < 1.29 is 14.3 Å². The Morgan fingerprint density at radius 2 is 1.83 bits per heavy atom. The van der Waals surface area contributed by atoms with E-state index < -0.39 is 0 Å². The number of thiophene rings is 1. The maximum atomic E-state index is 12.6. The first-order chi connectivity index (χ1) is 11.6. The van der Waals surface area contributed by atoms with E-state index in [0.29, 0.717) is 22.2 Å². The molecule has 1 amide bonds. The average molecular weight is 366 g/mol. The van der Waals surface area contributed by atoms with Gasteiger partial charge in [0.05, 0.1) is 29.8 Å². The van der Waals surface area contributed by atoms with E-state index in [1.54, 1.807) is 30.6 Å². The van der Waals surface area contributed by atoms with Gasteiger partial charge in [-0.3, -0.25) is 4.79 Å². The lowest BCUT2D eigenvalue weighted by atomic mass is 10.1. The van der Waals surface area contributed by atoms with Crippen LogP contribution >= 0.6 is 22.9 Å². The van der Waals surface area contributed by atoms with Gasteiger partial charge in [0.25, 0.3) is 5.91 Å². The number of aryl methyl sites for hydroxylation is 2. The van der Waals surface area contributed by atoms with Crippen molar-refractivity contribution in [2.24, 2.45) is 0 Å². The summed E-state index contributed by atoms with van der Waals surface area (Å²) in [5.74, 6) is 0.893. The Morgan fingerprint density at radius 1 is 1.08 bits per heavy atom. The van der Waals surface area contributed by atoms with Gasteiger partial charge in [0.15, 0.2) is 0 Å². The lowest BCUT2D eigenvalue weighted by Gasteiger charge is -2.12. The zero-order chi connectivity index (χ0) is 17.1. The molecule has 2 aromatic rings. The van der Waals surface area contributed by atoms with E-state index in [1.165, 1.54) is 36.8 Å². The van der Waals surface area contributed by atoms with Gasteiger partial charge in [-0.2, -0.15) is 0 Å². The molecule has 0 saturated heterocycles. The van der Waals surface area contributed by atoms with Crippen LogP contribution < -0.4 is 14.8 Å². The molecule has 1 N–H and O–H groups in total. The van der Waals surface area contributed by atoms with Gasteiger partial charge in [-0.25, -0.2) is 0 Å². The van der Waals surface area contributed by atoms with Crippen molar-refractivity contribution in [1.29, 1.82) is 0 Å². The van der Waals surface area contributed by atoms with E-state index in [1.807, 2.05) is 6.07 Å². The highest BCUT2D eigenvalue weighted by atomic mass is 35.5. The van der Waals surface area contributed by atoms with Crippen molar-refractivity contribution in [2.75, 3.05) is 19.5 Å². The Hall–Kier alpha value is -1.72. The van der Waals surface area contributed by atoms with E-state index in [2.05, 4.69) is 5.32 Å². The number of fused-ring (bicyclic) bond motifs is 1. The molecule has 0 unspecified atom stereocenters. The van der Waals surface area contributed by atoms with Crippen molar-refractivity contribution >= 4 is 34.5 Å². The second-order valence-electron chi connectivity index (χ2n) is 5.76. The monoisotopic (exact) mass is 365 g/mol. The topological polar surface area (TPSA) is 47.6 Å². The Balaban J connectivity index is 1.83. The number of methoxy groups -OCH3 is 2. The molecule has 0 bridgehead atoms. The third-order valence-corrected chi connectivity index (χ3v) is 5.72. The molecule has 24 heavy (non-hydrogen) atoms. The lowest BCUT2D eigenvalue weighted by molar-refractivity contribution is 0.103. The molecule has 0 aliphatic heterocycles. The number of hydrogen-bond acceptors (Lipinski definition) is 4. The summed E-state index contributed by atoms with van der Waals surface area (Å²) in [7, 11) is 3.09. The second kappa shape index (κ2) is 7.45. The molecule has 6 heteroatoms. The molecular formula is C18H20ClNO3S. The molecule has 0 saturated carbocycles. The first-order valence-electron chi connectivity index (χ1n) is 7.97. The summed E-state index contributed by atoms with van der Waals surface area (Å²) in [4.78, 5) is 14.7. The molecule has 1 aromatic heterocycles. The Morgan fingerprint density at radius 3 is 2.58 bits per heavy atom. The van der Waals surface area contributed by atoms with Crippen LogP contribution in [0.5, 0.6) is 11.5 Å². The number of rotatable bonds is 4. The van der Waals surface area contributed by atoms with Gasteiger partial charge < -0.3 is 14.8 Å². The summed E-state index contributed by atoms with van der Waals surface area (Å²) in [5.41, 5.74) is 1.86. The molecule has 1 heterocycles.